The molecule has 1 aromatic rings. The van der Waals surface area contributed by atoms with Gasteiger partial charge >= 0.3 is 0 Å². The molecule has 2 rings (SSSR count). The first-order valence-electron chi connectivity index (χ1n) is 5.47. The molecule has 1 amide bonds. The fourth-order valence-electron chi connectivity index (χ4n) is 1.94. The molecule has 5 heteroatoms. The number of alkyl halides is 1. The largest absolute Gasteiger partial charge is 0.338 e. The lowest BCUT2D eigenvalue weighted by Gasteiger charge is -2.30. The van der Waals surface area contributed by atoms with Crippen molar-refractivity contribution in [2.24, 2.45) is 5.92 Å². The Morgan fingerprint density at radius 1 is 1.62 bits per heavy atom. The maximum absolute atomic E-state index is 12.1. The number of nitrogens with zero attached hydrogens (tertiary/aromatic N) is 2. The summed E-state index contributed by atoms with van der Waals surface area (Å²) in [6, 6.07) is 0. The van der Waals surface area contributed by atoms with Crippen LogP contribution < -0.4 is 0 Å². The molecule has 0 unspecified atom stereocenters. The molecule has 1 aromatic heterocycles. The molecular weight excluding hydrogens is 244 g/mol. The van der Waals surface area contributed by atoms with E-state index in [1.165, 1.54) is 11.3 Å². The monoisotopic (exact) mass is 258 g/mol. The topological polar surface area (TPSA) is 33.2 Å². The average molecular weight is 259 g/mol. The Labute approximate surface area is 104 Å². The number of likely N-dealkylation sites (tertiary alicyclic amines) is 1. The van der Waals surface area contributed by atoms with Crippen molar-refractivity contribution in [1.82, 2.24) is 9.88 Å². The van der Waals surface area contributed by atoms with Crippen LogP contribution >= 0.6 is 22.9 Å². The predicted molar refractivity (Wildman–Crippen MR) is 66.2 cm³/mol. The minimum absolute atomic E-state index is 0.132. The maximum atomic E-state index is 12.1. The minimum atomic E-state index is 0.132. The van der Waals surface area contributed by atoms with E-state index in [-0.39, 0.29) is 5.91 Å². The number of amides is 1. The lowest BCUT2D eigenvalue weighted by Crippen LogP contribution is -2.38. The summed E-state index contributed by atoms with van der Waals surface area (Å²) < 4.78 is 0. The van der Waals surface area contributed by atoms with E-state index >= 15 is 0 Å². The Morgan fingerprint density at radius 3 is 2.81 bits per heavy atom. The standard InChI is InChI=1S/C11H15ClN2OS/c1-8-10(16-7-13-8)11(15)14-4-2-9(6-12)3-5-14/h7,9H,2-6H2,1H3. The van der Waals surface area contributed by atoms with Crippen molar-refractivity contribution in [2.75, 3.05) is 19.0 Å². The second-order valence-electron chi connectivity index (χ2n) is 4.16. The van der Waals surface area contributed by atoms with Crippen LogP contribution in [0.2, 0.25) is 0 Å². The van der Waals surface area contributed by atoms with E-state index in [0.29, 0.717) is 11.8 Å². The van der Waals surface area contributed by atoms with Crippen molar-refractivity contribution in [1.29, 1.82) is 0 Å². The second kappa shape index (κ2) is 5.15. The van der Waals surface area contributed by atoms with Gasteiger partial charge in [-0.05, 0) is 25.7 Å². The van der Waals surface area contributed by atoms with Crippen LogP contribution in [0.5, 0.6) is 0 Å². The van der Waals surface area contributed by atoms with Crippen LogP contribution in [-0.2, 0) is 0 Å². The molecule has 0 atom stereocenters. The number of aromatic nitrogens is 1. The lowest BCUT2D eigenvalue weighted by atomic mass is 9.99. The summed E-state index contributed by atoms with van der Waals surface area (Å²) in [5, 5.41) is 0. The molecule has 0 aromatic carbocycles. The van der Waals surface area contributed by atoms with Crippen molar-refractivity contribution >= 4 is 28.8 Å². The van der Waals surface area contributed by atoms with Crippen LogP contribution in [0.15, 0.2) is 5.51 Å². The predicted octanol–water partition coefficient (Wildman–Crippen LogP) is 2.54. The highest BCUT2D eigenvalue weighted by atomic mass is 35.5. The smallest absolute Gasteiger partial charge is 0.265 e. The summed E-state index contributed by atoms with van der Waals surface area (Å²) >= 11 is 7.25. The third-order valence-corrected chi connectivity index (χ3v) is 4.41. The van der Waals surface area contributed by atoms with Crippen LogP contribution in [0.25, 0.3) is 0 Å². The average Bonchev–Trinajstić information content (AvgIpc) is 2.75. The molecule has 1 fully saturated rings. The highest BCUT2D eigenvalue weighted by molar-refractivity contribution is 7.11. The molecule has 0 radical (unpaired) electrons. The Balaban J connectivity index is 2.00. The molecule has 88 valence electrons. The molecule has 1 aliphatic heterocycles. The van der Waals surface area contributed by atoms with Crippen molar-refractivity contribution in [2.45, 2.75) is 19.8 Å². The highest BCUT2D eigenvalue weighted by Gasteiger charge is 2.24. The third-order valence-electron chi connectivity index (χ3n) is 3.06. The van der Waals surface area contributed by atoms with Crippen molar-refractivity contribution in [3.63, 3.8) is 0 Å². The van der Waals surface area contributed by atoms with Gasteiger partial charge in [0, 0.05) is 19.0 Å². The summed E-state index contributed by atoms with van der Waals surface area (Å²) in [4.78, 5) is 19.0. The fraction of sp³-hybridized carbons (Fsp3) is 0.636. The molecule has 3 nitrogen and oxygen atoms in total. The normalized spacial score (nSPS) is 17.8. The quantitative estimate of drug-likeness (QED) is 0.764. The van der Waals surface area contributed by atoms with E-state index in [2.05, 4.69) is 4.98 Å². The highest BCUT2D eigenvalue weighted by Crippen LogP contribution is 2.22. The molecule has 16 heavy (non-hydrogen) atoms. The van der Waals surface area contributed by atoms with E-state index in [4.69, 9.17) is 11.6 Å². The van der Waals surface area contributed by atoms with E-state index in [1.807, 2.05) is 11.8 Å². The third kappa shape index (κ3) is 2.38. The summed E-state index contributed by atoms with van der Waals surface area (Å²) in [7, 11) is 0. The van der Waals surface area contributed by atoms with E-state index < -0.39 is 0 Å². The zero-order valence-corrected chi connectivity index (χ0v) is 10.9. The van der Waals surface area contributed by atoms with Crippen molar-refractivity contribution < 1.29 is 4.79 Å². The zero-order chi connectivity index (χ0) is 11.5. The lowest BCUT2D eigenvalue weighted by molar-refractivity contribution is 0.0702. The molecule has 1 saturated heterocycles. The number of halogens is 1. The summed E-state index contributed by atoms with van der Waals surface area (Å²) in [6.45, 7) is 3.54. The van der Waals surface area contributed by atoms with E-state index in [1.54, 1.807) is 5.51 Å². The number of thiazole rings is 1. The number of carbonyl (C=O) groups is 1. The molecule has 0 saturated carbocycles. The van der Waals surface area contributed by atoms with Crippen molar-refractivity contribution in [3.8, 4) is 0 Å². The number of hydrogen-bond donors (Lipinski definition) is 0. The van der Waals surface area contributed by atoms with Gasteiger partial charge in [0.25, 0.3) is 5.91 Å². The van der Waals surface area contributed by atoms with Gasteiger partial charge in [-0.25, -0.2) is 4.98 Å². The van der Waals surface area contributed by atoms with Gasteiger partial charge in [0.1, 0.15) is 4.88 Å². The van der Waals surface area contributed by atoms with Gasteiger partial charge in [-0.15, -0.1) is 22.9 Å². The van der Waals surface area contributed by atoms with Crippen molar-refractivity contribution in [3.05, 3.63) is 16.1 Å². The van der Waals surface area contributed by atoms with Crippen LogP contribution in [0.4, 0.5) is 0 Å². The Kier molecular flexibility index (Phi) is 3.82. The minimum Gasteiger partial charge on any atom is -0.338 e. The van der Waals surface area contributed by atoms with Gasteiger partial charge in [0.2, 0.25) is 0 Å². The van der Waals surface area contributed by atoms with Gasteiger partial charge in [0.15, 0.2) is 0 Å². The first-order valence-corrected chi connectivity index (χ1v) is 6.89. The summed E-state index contributed by atoms with van der Waals surface area (Å²) in [6.07, 6.45) is 2.04. The summed E-state index contributed by atoms with van der Waals surface area (Å²) in [5.74, 6) is 1.42. The Morgan fingerprint density at radius 2 is 2.31 bits per heavy atom. The second-order valence-corrected chi connectivity index (χ2v) is 5.32. The number of hydrogen-bond acceptors (Lipinski definition) is 3. The summed E-state index contributed by atoms with van der Waals surface area (Å²) in [5.41, 5.74) is 2.57. The molecule has 0 N–H and O–H groups in total. The number of carbonyl (C=O) groups excluding carboxylic acids is 1. The Bertz CT molecular complexity index is 372. The van der Waals surface area contributed by atoms with Gasteiger partial charge in [-0.3, -0.25) is 4.79 Å². The molecule has 1 aliphatic rings. The number of rotatable bonds is 2. The van der Waals surface area contributed by atoms with Crippen LogP contribution in [0, 0.1) is 12.8 Å². The van der Waals surface area contributed by atoms with E-state index in [9.17, 15) is 4.79 Å². The SMILES string of the molecule is Cc1ncsc1C(=O)N1CCC(CCl)CC1. The first kappa shape index (κ1) is 11.9. The maximum Gasteiger partial charge on any atom is 0.265 e. The number of aryl methyl sites for hydroxylation is 1. The van der Waals surface area contributed by atoms with Crippen LogP contribution in [0.3, 0.4) is 0 Å². The fourth-order valence-corrected chi connectivity index (χ4v) is 3.02. The number of piperidine rings is 1. The Hall–Kier alpha value is -0.610. The van der Waals surface area contributed by atoms with Crippen LogP contribution in [-0.4, -0.2) is 34.8 Å². The van der Waals surface area contributed by atoms with Gasteiger partial charge in [-0.1, -0.05) is 0 Å². The van der Waals surface area contributed by atoms with Crippen LogP contribution in [0.1, 0.15) is 28.2 Å². The molecule has 0 aliphatic carbocycles. The van der Waals surface area contributed by atoms with E-state index in [0.717, 1.165) is 36.5 Å². The van der Waals surface area contributed by atoms with Gasteiger partial charge in [0.05, 0.1) is 11.2 Å². The molecule has 0 bridgehead atoms. The molecule has 2 heterocycles. The first-order chi connectivity index (χ1) is 7.72. The zero-order valence-electron chi connectivity index (χ0n) is 9.28. The molecule has 0 spiro atoms. The van der Waals surface area contributed by atoms with Gasteiger partial charge in [-0.2, -0.15) is 0 Å². The van der Waals surface area contributed by atoms with Gasteiger partial charge < -0.3 is 4.90 Å². The molecular formula is C11H15ClN2OS.